The van der Waals surface area contributed by atoms with Gasteiger partial charge in [0, 0.05) is 10.5 Å². The highest BCUT2D eigenvalue weighted by molar-refractivity contribution is 7.99. The van der Waals surface area contributed by atoms with E-state index in [4.69, 9.17) is 14.2 Å². The first-order valence-electron chi connectivity index (χ1n) is 6.87. The van der Waals surface area contributed by atoms with Crippen molar-refractivity contribution < 1.29 is 23.8 Å². The van der Waals surface area contributed by atoms with Gasteiger partial charge in [0.05, 0.1) is 33.0 Å². The molecule has 0 aliphatic rings. The first-order valence-corrected chi connectivity index (χ1v) is 7.69. The van der Waals surface area contributed by atoms with Gasteiger partial charge in [-0.3, -0.25) is 4.79 Å². The molecule has 0 aliphatic carbocycles. The second kappa shape index (κ2) is 7.78. The molecule has 0 spiro atoms. The van der Waals surface area contributed by atoms with E-state index in [1.54, 1.807) is 18.2 Å². The summed E-state index contributed by atoms with van der Waals surface area (Å²) in [5, 5.41) is 0.317. The molecule has 0 atom stereocenters. The molecule has 0 saturated carbocycles. The summed E-state index contributed by atoms with van der Waals surface area (Å²) >= 11 is 1.11. The lowest BCUT2D eigenvalue weighted by atomic mass is 10.0. The second-order valence-corrected chi connectivity index (χ2v) is 5.57. The van der Waals surface area contributed by atoms with Gasteiger partial charge in [-0.2, -0.15) is 9.97 Å². The molecule has 24 heavy (non-hydrogen) atoms. The maximum Gasteiger partial charge on any atom is 0.339 e. The lowest BCUT2D eigenvalue weighted by Gasteiger charge is -2.11. The summed E-state index contributed by atoms with van der Waals surface area (Å²) in [5.74, 6) is -0.182. The zero-order chi connectivity index (χ0) is 17.7. The molecule has 0 radical (unpaired) electrons. The Bertz CT molecular complexity index is 757. The molecule has 1 heterocycles. The van der Waals surface area contributed by atoms with Crippen LogP contribution in [0.1, 0.15) is 27.6 Å². The normalized spacial score (nSPS) is 10.2. The van der Waals surface area contributed by atoms with Gasteiger partial charge in [0.2, 0.25) is 11.8 Å². The molecule has 0 N–H and O–H groups in total. The van der Waals surface area contributed by atoms with Crippen LogP contribution in [-0.4, -0.2) is 43.0 Å². The Hall–Kier alpha value is -2.61. The number of esters is 1. The zero-order valence-corrected chi connectivity index (χ0v) is 14.5. The molecule has 0 amide bonds. The number of carbonyl (C=O) groups is 2. The SMILES string of the molecule is COC(=O)c1c(Sc2nc(OC)cc(OC)n2)cccc1C(C)=O. The van der Waals surface area contributed by atoms with E-state index in [0.717, 1.165) is 11.8 Å². The molecule has 0 unspecified atom stereocenters. The number of ketones is 1. The Morgan fingerprint density at radius 3 is 2.17 bits per heavy atom. The van der Waals surface area contributed by atoms with Crippen molar-refractivity contribution in [2.24, 2.45) is 0 Å². The largest absolute Gasteiger partial charge is 0.481 e. The van der Waals surface area contributed by atoms with Crippen molar-refractivity contribution >= 4 is 23.5 Å². The molecular weight excluding hydrogens is 332 g/mol. The molecule has 1 aromatic carbocycles. The highest BCUT2D eigenvalue weighted by atomic mass is 32.2. The maximum absolute atomic E-state index is 12.1. The number of hydrogen-bond donors (Lipinski definition) is 0. The Kier molecular flexibility index (Phi) is 5.75. The Labute approximate surface area is 143 Å². The van der Waals surface area contributed by atoms with E-state index < -0.39 is 5.97 Å². The third-order valence-electron chi connectivity index (χ3n) is 3.07. The van der Waals surface area contributed by atoms with Gasteiger partial charge < -0.3 is 14.2 Å². The molecule has 8 heteroatoms. The van der Waals surface area contributed by atoms with Gasteiger partial charge in [-0.15, -0.1) is 0 Å². The molecular formula is C16H16N2O5S. The minimum absolute atomic E-state index is 0.183. The zero-order valence-electron chi connectivity index (χ0n) is 13.7. The molecule has 7 nitrogen and oxygen atoms in total. The second-order valence-electron chi connectivity index (χ2n) is 4.56. The molecule has 126 valence electrons. The van der Waals surface area contributed by atoms with Crippen LogP contribution < -0.4 is 9.47 Å². The molecule has 0 bridgehead atoms. The molecule has 2 aromatic rings. The molecule has 0 fully saturated rings. The van der Waals surface area contributed by atoms with E-state index in [1.165, 1.54) is 34.3 Å². The summed E-state index contributed by atoms with van der Waals surface area (Å²) in [7, 11) is 4.22. The van der Waals surface area contributed by atoms with E-state index in [9.17, 15) is 9.59 Å². The molecule has 1 aromatic heterocycles. The topological polar surface area (TPSA) is 87.6 Å². The predicted octanol–water partition coefficient (Wildman–Crippen LogP) is 2.63. The summed E-state index contributed by atoms with van der Waals surface area (Å²) in [6, 6.07) is 6.49. The Morgan fingerprint density at radius 1 is 1.04 bits per heavy atom. The van der Waals surface area contributed by atoms with Crippen molar-refractivity contribution in [1.29, 1.82) is 0 Å². The lowest BCUT2D eigenvalue weighted by Crippen LogP contribution is -2.10. The predicted molar refractivity (Wildman–Crippen MR) is 87.0 cm³/mol. The fourth-order valence-electron chi connectivity index (χ4n) is 1.96. The van der Waals surface area contributed by atoms with Crippen LogP contribution >= 0.6 is 11.8 Å². The standard InChI is InChI=1S/C16H16N2O5S/c1-9(19)10-6-5-7-11(14(10)15(20)23-4)24-16-17-12(21-2)8-13(18-16)22-3/h5-8H,1-4H3. The van der Waals surface area contributed by atoms with E-state index in [1.807, 2.05) is 0 Å². The third-order valence-corrected chi connectivity index (χ3v) is 4.00. The van der Waals surface area contributed by atoms with Crippen LogP contribution in [0.3, 0.4) is 0 Å². The van der Waals surface area contributed by atoms with Gasteiger partial charge in [-0.05, 0) is 24.8 Å². The first kappa shape index (κ1) is 17.7. The quantitative estimate of drug-likeness (QED) is 0.447. The number of Topliss-reactive ketones (excluding diaryl/α,β-unsaturated/α-hetero) is 1. The van der Waals surface area contributed by atoms with Crippen molar-refractivity contribution in [3.63, 3.8) is 0 Å². The monoisotopic (exact) mass is 348 g/mol. The van der Waals surface area contributed by atoms with Crippen LogP contribution in [0.2, 0.25) is 0 Å². The van der Waals surface area contributed by atoms with Gasteiger partial charge >= 0.3 is 5.97 Å². The summed E-state index contributed by atoms with van der Waals surface area (Å²) in [6.45, 7) is 1.39. The number of methoxy groups -OCH3 is 3. The minimum Gasteiger partial charge on any atom is -0.481 e. The van der Waals surface area contributed by atoms with Crippen LogP contribution in [-0.2, 0) is 4.74 Å². The van der Waals surface area contributed by atoms with Crippen molar-refractivity contribution in [3.8, 4) is 11.8 Å². The fourth-order valence-corrected chi connectivity index (χ4v) is 2.87. The number of aromatic nitrogens is 2. The van der Waals surface area contributed by atoms with E-state index in [2.05, 4.69) is 9.97 Å². The van der Waals surface area contributed by atoms with Crippen LogP contribution in [0.4, 0.5) is 0 Å². The number of hydrogen-bond acceptors (Lipinski definition) is 8. The van der Waals surface area contributed by atoms with Gasteiger partial charge in [-0.1, -0.05) is 12.1 Å². The summed E-state index contributed by atoms with van der Waals surface area (Å²) in [5.41, 5.74) is 0.463. The van der Waals surface area contributed by atoms with Gasteiger partial charge in [0.25, 0.3) is 0 Å². The number of rotatable bonds is 6. The van der Waals surface area contributed by atoms with Crippen LogP contribution in [0, 0.1) is 0 Å². The van der Waals surface area contributed by atoms with E-state index in [0.29, 0.717) is 21.8 Å². The number of benzene rings is 1. The van der Waals surface area contributed by atoms with Crippen LogP contribution in [0.5, 0.6) is 11.8 Å². The Balaban J connectivity index is 2.52. The van der Waals surface area contributed by atoms with Gasteiger partial charge in [-0.25, -0.2) is 4.79 Å². The third kappa shape index (κ3) is 3.83. The van der Waals surface area contributed by atoms with Crippen molar-refractivity contribution in [2.45, 2.75) is 17.0 Å². The number of carbonyl (C=O) groups excluding carboxylic acids is 2. The smallest absolute Gasteiger partial charge is 0.339 e. The molecule has 0 aliphatic heterocycles. The van der Waals surface area contributed by atoms with Crippen molar-refractivity contribution in [3.05, 3.63) is 35.4 Å². The van der Waals surface area contributed by atoms with Crippen molar-refractivity contribution in [2.75, 3.05) is 21.3 Å². The minimum atomic E-state index is -0.599. The average Bonchev–Trinajstić information content (AvgIpc) is 2.60. The van der Waals surface area contributed by atoms with E-state index >= 15 is 0 Å². The Morgan fingerprint density at radius 2 is 1.67 bits per heavy atom. The van der Waals surface area contributed by atoms with Crippen LogP contribution in [0.25, 0.3) is 0 Å². The molecule has 0 saturated heterocycles. The van der Waals surface area contributed by atoms with Crippen LogP contribution in [0.15, 0.2) is 34.3 Å². The van der Waals surface area contributed by atoms with E-state index in [-0.39, 0.29) is 16.9 Å². The summed E-state index contributed by atoms with van der Waals surface area (Å²) < 4.78 is 15.0. The number of nitrogens with zero attached hydrogens (tertiary/aromatic N) is 2. The highest BCUT2D eigenvalue weighted by Crippen LogP contribution is 2.32. The van der Waals surface area contributed by atoms with Gasteiger partial charge in [0.15, 0.2) is 10.9 Å². The first-order chi connectivity index (χ1) is 11.5. The lowest BCUT2D eigenvalue weighted by molar-refractivity contribution is 0.0593. The summed E-state index contributed by atoms with van der Waals surface area (Å²) in [6.07, 6.45) is 0. The summed E-state index contributed by atoms with van der Waals surface area (Å²) in [4.78, 5) is 32.8. The van der Waals surface area contributed by atoms with Crippen molar-refractivity contribution in [1.82, 2.24) is 9.97 Å². The highest BCUT2D eigenvalue weighted by Gasteiger charge is 2.21. The van der Waals surface area contributed by atoms with Gasteiger partial charge in [0.1, 0.15) is 0 Å². The number of ether oxygens (including phenoxy) is 3. The molecule has 2 rings (SSSR count). The maximum atomic E-state index is 12.1. The fraction of sp³-hybridized carbons (Fsp3) is 0.250. The average molecular weight is 348 g/mol.